The van der Waals surface area contributed by atoms with E-state index >= 15 is 0 Å². The van der Waals surface area contributed by atoms with Gasteiger partial charge >= 0.3 is 0 Å². The maximum atomic E-state index is 12.6. The van der Waals surface area contributed by atoms with Crippen molar-refractivity contribution in [3.05, 3.63) is 70.1 Å². The van der Waals surface area contributed by atoms with Gasteiger partial charge in [0.25, 0.3) is 5.69 Å². The number of nitrogens with one attached hydrogen (secondary N) is 1. The van der Waals surface area contributed by atoms with Crippen molar-refractivity contribution in [1.82, 2.24) is 5.32 Å². The molecule has 5 heteroatoms. The van der Waals surface area contributed by atoms with Gasteiger partial charge in [-0.1, -0.05) is 30.3 Å². The Kier molecular flexibility index (Phi) is 3.98. The summed E-state index contributed by atoms with van der Waals surface area (Å²) >= 11 is 0. The van der Waals surface area contributed by atoms with Crippen LogP contribution in [0.15, 0.2) is 42.5 Å². The van der Waals surface area contributed by atoms with E-state index in [1.165, 1.54) is 5.56 Å². The number of hydrazine groups is 1. The highest BCUT2D eigenvalue weighted by atomic mass is 16.3. The number of hydrogen-bond donors (Lipinski definition) is 2. The molecule has 0 aliphatic carbocycles. The average Bonchev–Trinajstić information content (AvgIpc) is 2.54. The van der Waals surface area contributed by atoms with E-state index in [0.29, 0.717) is 17.0 Å². The quantitative estimate of drug-likeness (QED) is 0.512. The van der Waals surface area contributed by atoms with Crippen LogP contribution in [0, 0.1) is 11.0 Å². The van der Waals surface area contributed by atoms with Crippen LogP contribution in [0.2, 0.25) is 0 Å². The van der Waals surface area contributed by atoms with Crippen LogP contribution in [0.25, 0.3) is 0 Å². The standard InChI is InChI=1S/C17H17N3O2/c18-20(22)14-7-5-12(6-8-14)11-16(21)17-15-4-2-1-3-13(15)9-10-19-17/h2-8,17,19H,9-11H2,(H2,18,22)/q+1. The first-order chi connectivity index (χ1) is 10.6. The molecule has 2 aromatic carbocycles. The van der Waals surface area contributed by atoms with E-state index in [9.17, 15) is 9.70 Å². The van der Waals surface area contributed by atoms with Gasteiger partial charge in [0.2, 0.25) is 0 Å². The maximum Gasteiger partial charge on any atom is 0.291 e. The first-order valence-electron chi connectivity index (χ1n) is 7.21. The molecule has 0 bridgehead atoms. The van der Waals surface area contributed by atoms with Crippen molar-refractivity contribution in [3.8, 4) is 0 Å². The molecule has 22 heavy (non-hydrogen) atoms. The van der Waals surface area contributed by atoms with Crippen LogP contribution < -0.4 is 11.2 Å². The number of nitrogens with zero attached hydrogens (tertiary/aromatic N) is 1. The lowest BCUT2D eigenvalue weighted by molar-refractivity contribution is -0.474. The Balaban J connectivity index is 1.76. The van der Waals surface area contributed by atoms with Crippen LogP contribution in [0.5, 0.6) is 0 Å². The number of benzene rings is 2. The summed E-state index contributed by atoms with van der Waals surface area (Å²) in [4.78, 5) is 23.9. The van der Waals surface area contributed by atoms with Gasteiger partial charge in [-0.2, -0.15) is 5.84 Å². The summed E-state index contributed by atoms with van der Waals surface area (Å²) in [5.74, 6) is 5.25. The molecule has 0 spiro atoms. The summed E-state index contributed by atoms with van der Waals surface area (Å²) in [5.41, 5.74) is 3.46. The molecule has 1 atom stereocenters. The Morgan fingerprint density at radius 2 is 2.09 bits per heavy atom. The SMILES string of the molecule is N[N+](=O)c1ccc(CC(=O)C2NCCc3c[c]ccc32)cc1. The second-order valence-corrected chi connectivity index (χ2v) is 5.40. The van der Waals surface area contributed by atoms with Crippen molar-refractivity contribution in [3.63, 3.8) is 0 Å². The molecule has 0 fully saturated rings. The molecule has 0 amide bonds. The minimum atomic E-state index is -0.274. The van der Waals surface area contributed by atoms with Gasteiger partial charge in [0.1, 0.15) is 0 Å². The Morgan fingerprint density at radius 1 is 1.32 bits per heavy atom. The Labute approximate surface area is 128 Å². The molecule has 1 unspecified atom stereocenters. The topological polar surface area (TPSA) is 75.2 Å². The van der Waals surface area contributed by atoms with Gasteiger partial charge < -0.3 is 5.32 Å². The molecule has 3 rings (SSSR count). The number of carbonyl (C=O) groups excluding carboxylic acids is 1. The van der Waals surface area contributed by atoms with Crippen LogP contribution in [0.3, 0.4) is 0 Å². The minimum Gasteiger partial charge on any atom is -0.303 e. The first kappa shape index (κ1) is 14.4. The lowest BCUT2D eigenvalue weighted by Crippen LogP contribution is -2.35. The molecule has 0 aromatic heterocycles. The summed E-state index contributed by atoms with van der Waals surface area (Å²) in [6, 6.07) is 15.3. The van der Waals surface area contributed by atoms with Crippen molar-refractivity contribution < 1.29 is 9.66 Å². The zero-order valence-corrected chi connectivity index (χ0v) is 12.1. The number of Topliss-reactive ketones (excluding diaryl/α,β-unsaturated/α-hetero) is 1. The number of fused-ring (bicyclic) bond motifs is 1. The maximum absolute atomic E-state index is 12.6. The van der Waals surface area contributed by atoms with Crippen LogP contribution in [0.1, 0.15) is 22.7 Å². The normalized spacial score (nSPS) is 16.8. The van der Waals surface area contributed by atoms with E-state index in [0.717, 1.165) is 24.1 Å². The lowest BCUT2D eigenvalue weighted by Gasteiger charge is -2.25. The van der Waals surface area contributed by atoms with Gasteiger partial charge in [-0.3, -0.25) is 4.79 Å². The largest absolute Gasteiger partial charge is 0.303 e. The highest BCUT2D eigenvalue weighted by Crippen LogP contribution is 2.24. The van der Waals surface area contributed by atoms with Gasteiger partial charge in [0, 0.05) is 25.1 Å². The first-order valence-corrected chi connectivity index (χ1v) is 7.21. The third-order valence-corrected chi connectivity index (χ3v) is 3.93. The van der Waals surface area contributed by atoms with Crippen LogP contribution >= 0.6 is 0 Å². The van der Waals surface area contributed by atoms with Crippen molar-refractivity contribution in [2.75, 3.05) is 6.54 Å². The summed E-state index contributed by atoms with van der Waals surface area (Å²) < 4.78 is 0. The molecule has 1 aliphatic heterocycles. The number of rotatable bonds is 4. The van der Waals surface area contributed by atoms with Gasteiger partial charge in [-0.15, -0.1) is 0 Å². The zero-order chi connectivity index (χ0) is 15.5. The zero-order valence-electron chi connectivity index (χ0n) is 12.1. The molecular formula is C17H17N3O2+. The molecule has 111 valence electrons. The number of hydrogen-bond acceptors (Lipinski definition) is 3. The molecule has 0 saturated carbocycles. The van der Waals surface area contributed by atoms with Gasteiger partial charge in [0.15, 0.2) is 10.7 Å². The third-order valence-electron chi connectivity index (χ3n) is 3.93. The Hall–Kier alpha value is -2.53. The highest BCUT2D eigenvalue weighted by Gasteiger charge is 2.25. The summed E-state index contributed by atoms with van der Waals surface area (Å²) in [6.07, 6.45) is 1.24. The number of ketones is 1. The van der Waals surface area contributed by atoms with E-state index in [1.54, 1.807) is 24.3 Å². The fraction of sp³-hybridized carbons (Fsp3) is 0.235. The molecule has 1 heterocycles. The molecule has 1 radical (unpaired) electrons. The molecule has 0 saturated heterocycles. The second kappa shape index (κ2) is 6.07. The van der Waals surface area contributed by atoms with Crippen LogP contribution in [-0.2, 0) is 17.6 Å². The molecular weight excluding hydrogens is 278 g/mol. The smallest absolute Gasteiger partial charge is 0.291 e. The van der Waals surface area contributed by atoms with E-state index in [4.69, 9.17) is 5.84 Å². The minimum absolute atomic E-state index is 0.117. The summed E-state index contributed by atoms with van der Waals surface area (Å²) in [7, 11) is 0. The number of nitrogens with two attached hydrogens (primary N) is 1. The average molecular weight is 295 g/mol. The molecule has 1 aliphatic rings. The third kappa shape index (κ3) is 2.89. The van der Waals surface area contributed by atoms with Crippen LogP contribution in [0.4, 0.5) is 5.69 Å². The molecule has 2 aromatic rings. The number of nitroso groups, excluding NO2 is 1. The van der Waals surface area contributed by atoms with Crippen molar-refractivity contribution in [2.45, 2.75) is 18.9 Å². The lowest BCUT2D eigenvalue weighted by atomic mass is 9.90. The fourth-order valence-corrected chi connectivity index (χ4v) is 2.79. The van der Waals surface area contributed by atoms with E-state index in [1.807, 2.05) is 18.2 Å². The van der Waals surface area contributed by atoms with Gasteiger partial charge in [0.05, 0.1) is 10.9 Å². The molecule has 3 N–H and O–H groups in total. The summed E-state index contributed by atoms with van der Waals surface area (Å²) in [5, 5.41) is 3.28. The van der Waals surface area contributed by atoms with Gasteiger partial charge in [-0.25, -0.2) is 0 Å². The predicted octanol–water partition coefficient (Wildman–Crippen LogP) is 1.77. The monoisotopic (exact) mass is 295 g/mol. The predicted molar refractivity (Wildman–Crippen MR) is 82.4 cm³/mol. The second-order valence-electron chi connectivity index (χ2n) is 5.40. The fourth-order valence-electron chi connectivity index (χ4n) is 2.79. The van der Waals surface area contributed by atoms with Crippen molar-refractivity contribution in [1.29, 1.82) is 0 Å². The van der Waals surface area contributed by atoms with E-state index in [-0.39, 0.29) is 11.8 Å². The summed E-state index contributed by atoms with van der Waals surface area (Å²) in [6.45, 7) is 0.790. The van der Waals surface area contributed by atoms with Crippen LogP contribution in [-0.4, -0.2) is 17.2 Å². The van der Waals surface area contributed by atoms with E-state index in [2.05, 4.69) is 11.4 Å². The Morgan fingerprint density at radius 3 is 2.82 bits per heavy atom. The van der Waals surface area contributed by atoms with Gasteiger partial charge in [-0.05, 0) is 29.2 Å². The highest BCUT2D eigenvalue weighted by molar-refractivity contribution is 5.87. The van der Waals surface area contributed by atoms with Crippen molar-refractivity contribution >= 4 is 11.5 Å². The van der Waals surface area contributed by atoms with Crippen molar-refractivity contribution in [2.24, 2.45) is 5.84 Å². The van der Waals surface area contributed by atoms with E-state index < -0.39 is 0 Å². The number of carbonyl (C=O) groups is 1. The molecule has 5 nitrogen and oxygen atoms in total. The Bertz CT molecular complexity index is 710.